The predicted octanol–water partition coefficient (Wildman–Crippen LogP) is 27.1. The summed E-state index contributed by atoms with van der Waals surface area (Å²) in [4.78, 5) is 28.7. The van der Waals surface area contributed by atoms with Crippen LogP contribution < -0.4 is 18.9 Å². The van der Waals surface area contributed by atoms with Crippen LogP contribution in [0.25, 0.3) is 104 Å². The molecule has 552 valence electrons. The van der Waals surface area contributed by atoms with E-state index in [1.165, 1.54) is 128 Å². The van der Waals surface area contributed by atoms with Crippen LogP contribution >= 0.6 is 0 Å². The molecule has 10 rings (SSSR count). The molecule has 6 aromatic heterocycles. The quantitative estimate of drug-likeness (QED) is 0.0270. The molecular formula is C96H114N6O4. The average Bonchev–Trinajstić information content (AvgIpc) is 0.815. The highest BCUT2D eigenvalue weighted by Crippen LogP contribution is 2.38. The zero-order valence-electron chi connectivity index (χ0n) is 63.9. The molecule has 0 atom stereocenters. The summed E-state index contributed by atoms with van der Waals surface area (Å²) in [5, 5.41) is 0. The van der Waals surface area contributed by atoms with E-state index in [1.54, 1.807) is 0 Å². The predicted molar refractivity (Wildman–Crippen MR) is 446 cm³/mol. The molecule has 0 aliphatic heterocycles. The van der Waals surface area contributed by atoms with E-state index in [9.17, 15) is 0 Å². The summed E-state index contributed by atoms with van der Waals surface area (Å²) in [7, 11) is 0. The molecule has 0 amide bonds. The van der Waals surface area contributed by atoms with Gasteiger partial charge in [-0.3, -0.25) is 19.9 Å². The van der Waals surface area contributed by atoms with E-state index >= 15 is 0 Å². The minimum atomic E-state index is 0.618. The van der Waals surface area contributed by atoms with Crippen LogP contribution in [0.3, 0.4) is 0 Å². The molecule has 10 nitrogen and oxygen atoms in total. The van der Waals surface area contributed by atoms with Crippen LogP contribution in [0.2, 0.25) is 0 Å². The minimum Gasteiger partial charge on any atom is -0.493 e. The standard InChI is InChI=1S/C96H114N6O4/c1-5-9-13-17-21-25-37-63-103-93-73-81(95(105-65-39-27-23-19-15-11-7-3)71-79(93)55-49-75-45-51-77(52-46-75)83-67-89(85-41-29-33-59-97-85)101-90(68-83)86-42-30-34-60-98-86)57-58-82-74-94(104-64-38-26-22-18-14-10-6-2)80(72-96(82)106-66-40-28-24-20-16-12-8-4)56-50-76-47-53-78(54-48-76)84-69-91(87-43-31-35-61-99-87)102-92(70-84)88-44-32-36-62-100-88/h29-36,41-62,67-74H,5-28,37-40,63-66H2,1-4H3/b55-49+,56-50+,58-57+. The van der Waals surface area contributed by atoms with Gasteiger partial charge < -0.3 is 18.9 Å². The lowest BCUT2D eigenvalue weighted by molar-refractivity contribution is 0.295. The van der Waals surface area contributed by atoms with E-state index in [0.29, 0.717) is 26.4 Å². The molecule has 4 aromatic carbocycles. The second kappa shape index (κ2) is 45.5. The maximum absolute atomic E-state index is 6.97. The first kappa shape index (κ1) is 78.8. The van der Waals surface area contributed by atoms with Gasteiger partial charge in [0.05, 0.1) is 72.0 Å². The van der Waals surface area contributed by atoms with Crippen molar-refractivity contribution in [3.8, 4) is 90.8 Å². The molecule has 0 fully saturated rings. The maximum Gasteiger partial charge on any atom is 0.127 e. The third-order valence-electron chi connectivity index (χ3n) is 19.5. The highest BCUT2D eigenvalue weighted by molar-refractivity contribution is 5.84. The van der Waals surface area contributed by atoms with Crippen molar-refractivity contribution in [2.45, 2.75) is 207 Å². The Balaban J connectivity index is 0.993. The van der Waals surface area contributed by atoms with Gasteiger partial charge in [-0.1, -0.05) is 291 Å². The maximum atomic E-state index is 6.97. The first-order valence-electron chi connectivity index (χ1n) is 40.3. The third kappa shape index (κ3) is 26.1. The molecule has 0 radical (unpaired) electrons. The second-order valence-electron chi connectivity index (χ2n) is 28.1. The van der Waals surface area contributed by atoms with Gasteiger partial charge in [-0.15, -0.1) is 0 Å². The van der Waals surface area contributed by atoms with Gasteiger partial charge in [-0.05, 0) is 156 Å². The SMILES string of the molecule is CCCCCCCCCOc1cc(/C=C/c2cc(OCCCCCCCCC)c(/C=C/c3ccc(-c4cc(-c5ccccn5)nc(-c5ccccn5)c4)cc3)cc2OCCCCCCCCC)c(OCCCCCCCCC)cc1/C=C/c1ccc(-c2cc(-c3ccccn3)nc(-c3ccccn3)c2)cc1. The van der Waals surface area contributed by atoms with Gasteiger partial charge in [-0.2, -0.15) is 0 Å². The summed E-state index contributed by atoms with van der Waals surface area (Å²) in [6, 6.07) is 58.5. The van der Waals surface area contributed by atoms with Crippen molar-refractivity contribution in [2.75, 3.05) is 26.4 Å². The Morgan fingerprint density at radius 2 is 0.462 bits per heavy atom. The highest BCUT2D eigenvalue weighted by atomic mass is 16.5. The lowest BCUT2D eigenvalue weighted by atomic mass is 10.0. The number of nitrogens with zero attached hydrogens (tertiary/aromatic N) is 6. The van der Waals surface area contributed by atoms with E-state index in [0.717, 1.165) is 176 Å². The van der Waals surface area contributed by atoms with Gasteiger partial charge in [0.1, 0.15) is 23.0 Å². The smallest absolute Gasteiger partial charge is 0.127 e. The van der Waals surface area contributed by atoms with Crippen molar-refractivity contribution >= 4 is 36.5 Å². The van der Waals surface area contributed by atoms with Crippen LogP contribution in [-0.4, -0.2) is 56.3 Å². The molecule has 0 unspecified atom stereocenters. The zero-order chi connectivity index (χ0) is 73.3. The monoisotopic (exact) mass is 1410 g/mol. The Bertz CT molecular complexity index is 3850. The number of pyridine rings is 6. The molecule has 10 aromatic rings. The number of benzene rings is 4. The Kier molecular flexibility index (Phi) is 33.8. The lowest BCUT2D eigenvalue weighted by Crippen LogP contribution is -2.03. The van der Waals surface area contributed by atoms with E-state index in [2.05, 4.69) is 181 Å². The molecule has 0 saturated heterocycles. The summed E-state index contributed by atoms with van der Waals surface area (Å²) in [5.41, 5.74) is 16.7. The van der Waals surface area contributed by atoms with Gasteiger partial charge in [0.25, 0.3) is 0 Å². The lowest BCUT2D eigenvalue weighted by Gasteiger charge is -2.17. The van der Waals surface area contributed by atoms with Crippen molar-refractivity contribution in [3.05, 3.63) is 228 Å². The molecule has 0 N–H and O–H groups in total. The first-order valence-corrected chi connectivity index (χ1v) is 40.3. The van der Waals surface area contributed by atoms with E-state index in [4.69, 9.17) is 28.9 Å². The molecule has 0 aliphatic rings. The van der Waals surface area contributed by atoms with Crippen molar-refractivity contribution in [2.24, 2.45) is 0 Å². The number of hydrogen-bond acceptors (Lipinski definition) is 10. The van der Waals surface area contributed by atoms with Gasteiger partial charge in [0.2, 0.25) is 0 Å². The van der Waals surface area contributed by atoms with Gasteiger partial charge >= 0.3 is 0 Å². The Hall–Kier alpha value is -9.80. The van der Waals surface area contributed by atoms with E-state index in [1.807, 2.05) is 97.6 Å². The number of ether oxygens (including phenoxy) is 4. The summed E-state index contributed by atoms with van der Waals surface area (Å²) in [6.45, 7) is 11.6. The van der Waals surface area contributed by atoms with Gasteiger partial charge in [0, 0.05) is 47.0 Å². The summed E-state index contributed by atoms with van der Waals surface area (Å²) < 4.78 is 27.8. The fourth-order valence-corrected chi connectivity index (χ4v) is 13.3. The third-order valence-corrected chi connectivity index (χ3v) is 19.5. The summed E-state index contributed by atoms with van der Waals surface area (Å²) >= 11 is 0. The van der Waals surface area contributed by atoms with Crippen LogP contribution in [0, 0.1) is 0 Å². The number of unbranched alkanes of at least 4 members (excludes halogenated alkanes) is 24. The molecule has 0 saturated carbocycles. The van der Waals surface area contributed by atoms with Crippen LogP contribution in [-0.2, 0) is 0 Å². The number of aromatic nitrogens is 6. The van der Waals surface area contributed by atoms with Crippen LogP contribution in [0.5, 0.6) is 23.0 Å². The van der Waals surface area contributed by atoms with Gasteiger partial charge in [-0.25, -0.2) is 9.97 Å². The van der Waals surface area contributed by atoms with Crippen molar-refractivity contribution in [1.29, 1.82) is 0 Å². The zero-order valence-corrected chi connectivity index (χ0v) is 63.9. The van der Waals surface area contributed by atoms with Crippen molar-refractivity contribution in [1.82, 2.24) is 29.9 Å². The Morgan fingerprint density at radius 1 is 0.226 bits per heavy atom. The van der Waals surface area contributed by atoms with Crippen molar-refractivity contribution < 1.29 is 18.9 Å². The van der Waals surface area contributed by atoms with E-state index < -0.39 is 0 Å². The second-order valence-corrected chi connectivity index (χ2v) is 28.1. The molecule has 10 heteroatoms. The van der Waals surface area contributed by atoms with E-state index in [-0.39, 0.29) is 0 Å². The molecule has 106 heavy (non-hydrogen) atoms. The summed E-state index contributed by atoms with van der Waals surface area (Å²) in [6.07, 6.45) is 54.1. The molecular weight excluding hydrogens is 1300 g/mol. The van der Waals surface area contributed by atoms with Crippen LogP contribution in [0.15, 0.2) is 195 Å². The van der Waals surface area contributed by atoms with Crippen molar-refractivity contribution in [3.63, 3.8) is 0 Å². The fraction of sp³-hybridized carbons (Fsp3) is 0.375. The number of hydrogen-bond donors (Lipinski definition) is 0. The Morgan fingerprint density at radius 3 is 0.698 bits per heavy atom. The normalized spacial score (nSPS) is 11.5. The largest absolute Gasteiger partial charge is 0.493 e. The molecule has 0 aliphatic carbocycles. The van der Waals surface area contributed by atoms with Crippen LogP contribution in [0.4, 0.5) is 0 Å². The fourth-order valence-electron chi connectivity index (χ4n) is 13.3. The topological polar surface area (TPSA) is 114 Å². The first-order chi connectivity index (χ1) is 52.4. The van der Waals surface area contributed by atoms with Gasteiger partial charge in [0.15, 0.2) is 0 Å². The molecule has 0 bridgehead atoms. The number of rotatable bonds is 48. The molecule has 6 heterocycles. The van der Waals surface area contributed by atoms with Crippen LogP contribution in [0.1, 0.15) is 241 Å². The summed E-state index contributed by atoms with van der Waals surface area (Å²) in [5.74, 6) is 3.30. The Labute approximate surface area is 634 Å². The average molecular weight is 1420 g/mol. The molecule has 0 spiro atoms. The highest BCUT2D eigenvalue weighted by Gasteiger charge is 2.17. The minimum absolute atomic E-state index is 0.618.